The molecule has 23 heavy (non-hydrogen) atoms. The van der Waals surface area contributed by atoms with Crippen LogP contribution in [-0.4, -0.2) is 71.1 Å². The number of benzene rings is 1. The van der Waals surface area contributed by atoms with Gasteiger partial charge >= 0.3 is 0 Å². The molecule has 7 heteroatoms. The third-order valence-electron chi connectivity index (χ3n) is 3.50. The van der Waals surface area contributed by atoms with Crippen LogP contribution in [-0.2, 0) is 10.1 Å². The van der Waals surface area contributed by atoms with Crippen LogP contribution in [0.15, 0.2) is 24.3 Å². The SMILES string of the molecule is COc1cccc(N(CCC[N+](C)(C)C)CCCS(=O)(=O)[O-])c1. The smallest absolute Gasteiger partial charge is 0.120 e. The number of ether oxygens (including phenoxy) is 1. The Bertz CT molecular complexity index is 582. The summed E-state index contributed by atoms with van der Waals surface area (Å²) >= 11 is 0. The molecule has 0 aromatic heterocycles. The average Bonchev–Trinajstić information content (AvgIpc) is 2.43. The highest BCUT2D eigenvalue weighted by atomic mass is 32.2. The van der Waals surface area contributed by atoms with E-state index in [1.165, 1.54) is 0 Å². The van der Waals surface area contributed by atoms with Crippen LogP contribution in [0.3, 0.4) is 0 Å². The molecule has 0 bridgehead atoms. The van der Waals surface area contributed by atoms with Crippen LogP contribution in [0.25, 0.3) is 0 Å². The molecule has 6 nitrogen and oxygen atoms in total. The summed E-state index contributed by atoms with van der Waals surface area (Å²) in [5, 5.41) is 0. The summed E-state index contributed by atoms with van der Waals surface area (Å²) in [6.07, 6.45) is 1.30. The molecule has 0 fully saturated rings. The quantitative estimate of drug-likeness (QED) is 0.476. The molecule has 1 aromatic rings. The van der Waals surface area contributed by atoms with E-state index in [2.05, 4.69) is 26.0 Å². The van der Waals surface area contributed by atoms with Crippen LogP contribution in [0.5, 0.6) is 5.75 Å². The van der Waals surface area contributed by atoms with Crippen molar-refractivity contribution in [2.75, 3.05) is 58.5 Å². The summed E-state index contributed by atoms with van der Waals surface area (Å²) in [5.41, 5.74) is 0.981. The van der Waals surface area contributed by atoms with E-state index in [1.54, 1.807) is 7.11 Å². The average molecular weight is 344 g/mol. The second-order valence-corrected chi connectivity index (χ2v) is 8.19. The van der Waals surface area contributed by atoms with Crippen LogP contribution in [0.1, 0.15) is 12.8 Å². The molecule has 0 N–H and O–H groups in total. The van der Waals surface area contributed by atoms with E-state index in [0.717, 1.165) is 35.4 Å². The van der Waals surface area contributed by atoms with Crippen molar-refractivity contribution in [2.45, 2.75) is 12.8 Å². The first-order valence-corrected chi connectivity index (χ1v) is 9.31. The molecule has 0 aliphatic rings. The zero-order chi connectivity index (χ0) is 17.5. The van der Waals surface area contributed by atoms with Gasteiger partial charge in [-0.05, 0) is 18.6 Å². The van der Waals surface area contributed by atoms with Gasteiger partial charge < -0.3 is 18.7 Å². The van der Waals surface area contributed by atoms with Gasteiger partial charge in [-0.1, -0.05) is 6.07 Å². The first kappa shape index (κ1) is 19.7. The van der Waals surface area contributed by atoms with Gasteiger partial charge in [-0.2, -0.15) is 0 Å². The first-order valence-electron chi connectivity index (χ1n) is 7.74. The topological polar surface area (TPSA) is 69.7 Å². The van der Waals surface area contributed by atoms with Gasteiger partial charge in [0, 0.05) is 37.0 Å². The van der Waals surface area contributed by atoms with E-state index in [0.29, 0.717) is 13.0 Å². The Hall–Kier alpha value is -1.31. The molecule has 0 aliphatic heterocycles. The normalized spacial score (nSPS) is 12.2. The van der Waals surface area contributed by atoms with E-state index in [9.17, 15) is 13.0 Å². The summed E-state index contributed by atoms with van der Waals surface area (Å²) in [7, 11) is 3.87. The maximum atomic E-state index is 10.8. The van der Waals surface area contributed by atoms with Crippen molar-refractivity contribution in [3.63, 3.8) is 0 Å². The van der Waals surface area contributed by atoms with Gasteiger partial charge in [-0.3, -0.25) is 0 Å². The van der Waals surface area contributed by atoms with Crippen molar-refractivity contribution in [3.05, 3.63) is 24.3 Å². The molecule has 1 aromatic carbocycles. The number of hydrogen-bond donors (Lipinski definition) is 0. The Morgan fingerprint density at radius 3 is 2.39 bits per heavy atom. The van der Waals surface area contributed by atoms with Gasteiger partial charge in [-0.25, -0.2) is 8.42 Å². The lowest BCUT2D eigenvalue weighted by Gasteiger charge is -2.28. The molecule has 0 radical (unpaired) electrons. The molecule has 132 valence electrons. The largest absolute Gasteiger partial charge is 0.748 e. The second kappa shape index (κ2) is 8.52. The molecule has 0 saturated carbocycles. The predicted molar refractivity (Wildman–Crippen MR) is 91.9 cm³/mol. The fourth-order valence-corrected chi connectivity index (χ4v) is 2.83. The zero-order valence-electron chi connectivity index (χ0n) is 14.5. The van der Waals surface area contributed by atoms with Gasteiger partial charge in [0.1, 0.15) is 5.75 Å². The summed E-state index contributed by atoms with van der Waals surface area (Å²) in [6.45, 7) is 2.35. The van der Waals surface area contributed by atoms with Crippen molar-refractivity contribution in [3.8, 4) is 5.75 Å². The molecular formula is C16H28N2O4S. The number of quaternary nitrogens is 1. The fourth-order valence-electron chi connectivity index (χ4n) is 2.35. The lowest BCUT2D eigenvalue weighted by molar-refractivity contribution is -0.870. The second-order valence-electron chi connectivity index (χ2n) is 6.67. The monoisotopic (exact) mass is 344 g/mol. The van der Waals surface area contributed by atoms with Crippen LogP contribution in [0.2, 0.25) is 0 Å². The zero-order valence-corrected chi connectivity index (χ0v) is 15.3. The third-order valence-corrected chi connectivity index (χ3v) is 4.29. The van der Waals surface area contributed by atoms with Crippen molar-refractivity contribution < 1.29 is 22.2 Å². The maximum absolute atomic E-state index is 10.8. The lowest BCUT2D eigenvalue weighted by atomic mass is 10.2. The molecule has 0 saturated heterocycles. The van der Waals surface area contributed by atoms with Gasteiger partial charge in [0.15, 0.2) is 0 Å². The molecule has 1 rings (SSSR count). The standard InChI is InChI=1S/C16H28N2O4S/c1-18(2,3)12-6-10-17(11-7-13-23(19,20)21)15-8-5-9-16(14-15)22-4/h5,8-9,14H,6-7,10-13H2,1-4H3. The van der Waals surface area contributed by atoms with Crippen LogP contribution >= 0.6 is 0 Å². The highest BCUT2D eigenvalue weighted by molar-refractivity contribution is 7.85. The van der Waals surface area contributed by atoms with Crippen LogP contribution in [0.4, 0.5) is 5.69 Å². The molecule has 0 spiro atoms. The summed E-state index contributed by atoms with van der Waals surface area (Å²) in [5.74, 6) is 0.429. The van der Waals surface area contributed by atoms with E-state index in [1.807, 2.05) is 24.3 Å². The Balaban J connectivity index is 2.74. The fraction of sp³-hybridized carbons (Fsp3) is 0.625. The number of nitrogens with zero attached hydrogens (tertiary/aromatic N) is 2. The van der Waals surface area contributed by atoms with Crippen molar-refractivity contribution in [2.24, 2.45) is 0 Å². The minimum atomic E-state index is -4.16. The van der Waals surface area contributed by atoms with Gasteiger partial charge in [-0.15, -0.1) is 0 Å². The molecule has 0 unspecified atom stereocenters. The summed E-state index contributed by atoms with van der Waals surface area (Å²) < 4.78 is 38.5. The Kier molecular flexibility index (Phi) is 7.31. The van der Waals surface area contributed by atoms with Crippen molar-refractivity contribution in [1.82, 2.24) is 0 Å². The molecule has 0 atom stereocenters. The number of methoxy groups -OCH3 is 1. The Labute approximate surface area is 140 Å². The molecule has 0 heterocycles. The van der Waals surface area contributed by atoms with Gasteiger partial charge in [0.25, 0.3) is 0 Å². The lowest BCUT2D eigenvalue weighted by Crippen LogP contribution is -2.38. The Morgan fingerprint density at radius 2 is 1.83 bits per heavy atom. The Morgan fingerprint density at radius 1 is 1.17 bits per heavy atom. The highest BCUT2D eigenvalue weighted by Crippen LogP contribution is 2.21. The highest BCUT2D eigenvalue weighted by Gasteiger charge is 2.12. The van der Waals surface area contributed by atoms with Crippen LogP contribution in [0, 0.1) is 0 Å². The third kappa shape index (κ3) is 8.78. The van der Waals surface area contributed by atoms with E-state index in [-0.39, 0.29) is 5.75 Å². The number of hydrogen-bond acceptors (Lipinski definition) is 5. The maximum Gasteiger partial charge on any atom is 0.120 e. The van der Waals surface area contributed by atoms with E-state index in [4.69, 9.17) is 4.74 Å². The van der Waals surface area contributed by atoms with Crippen molar-refractivity contribution in [1.29, 1.82) is 0 Å². The van der Waals surface area contributed by atoms with E-state index >= 15 is 0 Å². The van der Waals surface area contributed by atoms with E-state index < -0.39 is 10.1 Å². The summed E-state index contributed by atoms with van der Waals surface area (Å²) in [4.78, 5) is 2.11. The number of rotatable bonds is 10. The van der Waals surface area contributed by atoms with Crippen LogP contribution < -0.4 is 9.64 Å². The molecule has 0 aliphatic carbocycles. The predicted octanol–water partition coefficient (Wildman–Crippen LogP) is 1.53. The van der Waals surface area contributed by atoms with Gasteiger partial charge in [0.05, 0.1) is 44.9 Å². The minimum absolute atomic E-state index is 0.327. The molecular weight excluding hydrogens is 316 g/mol. The van der Waals surface area contributed by atoms with Crippen molar-refractivity contribution >= 4 is 15.8 Å². The molecule has 0 amide bonds. The minimum Gasteiger partial charge on any atom is -0.748 e. The number of anilines is 1. The summed E-state index contributed by atoms with van der Waals surface area (Å²) in [6, 6.07) is 7.68. The van der Waals surface area contributed by atoms with Gasteiger partial charge in [0.2, 0.25) is 0 Å². The first-order chi connectivity index (χ1) is 10.6.